The second-order valence-electron chi connectivity index (χ2n) is 8.66. The standard InChI is InChI=1S/C26H31FN4O3/c1-20-18-30(19-21-7-4-3-5-8-21)26(33)31(25(20)32)12-6-11-28-13-15-29(16-14-28)23-17-22(27)9-10-24(23)34-2/h3-5,7-10,17-18H,6,11-16,19H2,1-2H3. The van der Waals surface area contributed by atoms with Gasteiger partial charge in [-0.3, -0.25) is 18.8 Å². The number of aromatic nitrogens is 2. The summed E-state index contributed by atoms with van der Waals surface area (Å²) < 4.78 is 22.1. The summed E-state index contributed by atoms with van der Waals surface area (Å²) >= 11 is 0. The fourth-order valence-electron chi connectivity index (χ4n) is 4.46. The summed E-state index contributed by atoms with van der Waals surface area (Å²) in [5, 5.41) is 0. The highest BCUT2D eigenvalue weighted by molar-refractivity contribution is 5.59. The summed E-state index contributed by atoms with van der Waals surface area (Å²) in [5.41, 5.74) is 1.85. The lowest BCUT2D eigenvalue weighted by Crippen LogP contribution is -2.47. The Labute approximate surface area is 198 Å². The molecule has 0 aliphatic carbocycles. The lowest BCUT2D eigenvalue weighted by Gasteiger charge is -2.36. The Morgan fingerprint density at radius 2 is 1.71 bits per heavy atom. The normalized spacial score (nSPS) is 14.4. The van der Waals surface area contributed by atoms with Crippen LogP contribution in [0.1, 0.15) is 17.5 Å². The molecule has 3 aromatic rings. The van der Waals surface area contributed by atoms with E-state index in [1.54, 1.807) is 30.9 Å². The minimum absolute atomic E-state index is 0.225. The van der Waals surface area contributed by atoms with Crippen LogP contribution in [0.25, 0.3) is 0 Å². The van der Waals surface area contributed by atoms with Crippen molar-refractivity contribution in [2.45, 2.75) is 26.4 Å². The minimum Gasteiger partial charge on any atom is -0.495 e. The highest BCUT2D eigenvalue weighted by Gasteiger charge is 2.20. The number of nitrogens with zero attached hydrogens (tertiary/aromatic N) is 4. The minimum atomic E-state index is -0.278. The smallest absolute Gasteiger partial charge is 0.331 e. The molecule has 1 aliphatic heterocycles. The first-order valence-electron chi connectivity index (χ1n) is 11.6. The molecule has 2 aromatic carbocycles. The van der Waals surface area contributed by atoms with Crippen LogP contribution < -0.4 is 20.9 Å². The van der Waals surface area contributed by atoms with Crippen molar-refractivity contribution in [1.29, 1.82) is 0 Å². The van der Waals surface area contributed by atoms with Crippen molar-refractivity contribution in [3.63, 3.8) is 0 Å². The maximum atomic E-state index is 13.7. The highest BCUT2D eigenvalue weighted by Crippen LogP contribution is 2.29. The molecule has 180 valence electrons. The first kappa shape index (κ1) is 23.8. The Morgan fingerprint density at radius 1 is 0.971 bits per heavy atom. The second kappa shape index (κ2) is 10.7. The number of piperazine rings is 1. The monoisotopic (exact) mass is 466 g/mol. The highest BCUT2D eigenvalue weighted by atomic mass is 19.1. The van der Waals surface area contributed by atoms with Crippen LogP contribution in [0.4, 0.5) is 10.1 Å². The fourth-order valence-corrected chi connectivity index (χ4v) is 4.46. The van der Waals surface area contributed by atoms with Crippen molar-refractivity contribution in [3.8, 4) is 5.75 Å². The molecule has 0 saturated carbocycles. The quantitative estimate of drug-likeness (QED) is 0.511. The van der Waals surface area contributed by atoms with Gasteiger partial charge in [0.05, 0.1) is 19.3 Å². The van der Waals surface area contributed by atoms with Gasteiger partial charge >= 0.3 is 5.69 Å². The third kappa shape index (κ3) is 5.39. The van der Waals surface area contributed by atoms with Crippen molar-refractivity contribution in [3.05, 3.63) is 92.5 Å². The Hall–Kier alpha value is -3.39. The summed E-state index contributed by atoms with van der Waals surface area (Å²) in [5.74, 6) is 0.389. The van der Waals surface area contributed by atoms with Crippen molar-refractivity contribution in [1.82, 2.24) is 14.0 Å². The number of halogens is 1. The molecule has 1 fully saturated rings. The van der Waals surface area contributed by atoms with Crippen LogP contribution >= 0.6 is 0 Å². The van der Waals surface area contributed by atoms with E-state index in [0.717, 1.165) is 44.0 Å². The largest absolute Gasteiger partial charge is 0.495 e. The van der Waals surface area contributed by atoms with Gasteiger partial charge in [-0.05, 0) is 37.6 Å². The topological polar surface area (TPSA) is 59.7 Å². The molecule has 2 heterocycles. The number of anilines is 1. The van der Waals surface area contributed by atoms with E-state index < -0.39 is 0 Å². The van der Waals surface area contributed by atoms with Gasteiger partial charge in [0.1, 0.15) is 11.6 Å². The molecule has 1 saturated heterocycles. The van der Waals surface area contributed by atoms with Gasteiger partial charge in [0.25, 0.3) is 5.56 Å². The van der Waals surface area contributed by atoms with Crippen LogP contribution in [0.15, 0.2) is 64.3 Å². The average Bonchev–Trinajstić information content (AvgIpc) is 2.85. The summed E-state index contributed by atoms with van der Waals surface area (Å²) in [6.45, 7) is 6.51. The Kier molecular flexibility index (Phi) is 7.47. The number of ether oxygens (including phenoxy) is 1. The van der Waals surface area contributed by atoms with Crippen LogP contribution in [-0.4, -0.2) is 53.9 Å². The van der Waals surface area contributed by atoms with E-state index in [1.165, 1.54) is 16.7 Å². The summed E-state index contributed by atoms with van der Waals surface area (Å²) in [6.07, 6.45) is 2.35. The molecule has 0 amide bonds. The molecular formula is C26H31FN4O3. The van der Waals surface area contributed by atoms with Gasteiger partial charge in [-0.1, -0.05) is 30.3 Å². The number of rotatable bonds is 8. The molecule has 34 heavy (non-hydrogen) atoms. The second-order valence-corrected chi connectivity index (χ2v) is 8.66. The molecular weight excluding hydrogens is 435 g/mol. The van der Waals surface area contributed by atoms with E-state index in [4.69, 9.17) is 4.74 Å². The third-order valence-electron chi connectivity index (χ3n) is 6.31. The maximum Gasteiger partial charge on any atom is 0.331 e. The predicted molar refractivity (Wildman–Crippen MR) is 131 cm³/mol. The first-order valence-corrected chi connectivity index (χ1v) is 11.6. The molecule has 0 bridgehead atoms. The Balaban J connectivity index is 1.36. The summed E-state index contributed by atoms with van der Waals surface area (Å²) in [7, 11) is 1.59. The van der Waals surface area contributed by atoms with Crippen molar-refractivity contribution < 1.29 is 9.13 Å². The molecule has 0 unspecified atom stereocenters. The first-order chi connectivity index (χ1) is 16.5. The maximum absolute atomic E-state index is 13.7. The number of aryl methyl sites for hydroxylation is 1. The van der Waals surface area contributed by atoms with Gasteiger partial charge in [0, 0.05) is 50.6 Å². The number of hydrogen-bond donors (Lipinski definition) is 0. The Morgan fingerprint density at radius 3 is 2.41 bits per heavy atom. The van der Waals surface area contributed by atoms with Crippen LogP contribution in [0, 0.1) is 12.7 Å². The molecule has 1 aromatic heterocycles. The zero-order valence-electron chi connectivity index (χ0n) is 19.7. The lowest BCUT2D eigenvalue weighted by atomic mass is 10.2. The van der Waals surface area contributed by atoms with E-state index in [2.05, 4.69) is 9.80 Å². The molecule has 0 spiro atoms. The molecule has 0 radical (unpaired) electrons. The van der Waals surface area contributed by atoms with E-state index in [1.807, 2.05) is 30.3 Å². The van der Waals surface area contributed by atoms with Crippen LogP contribution in [-0.2, 0) is 13.1 Å². The van der Waals surface area contributed by atoms with Crippen LogP contribution in [0.3, 0.4) is 0 Å². The number of hydrogen-bond acceptors (Lipinski definition) is 5. The van der Waals surface area contributed by atoms with Gasteiger partial charge in [0.15, 0.2) is 0 Å². The Bertz CT molecular complexity index is 1230. The van der Waals surface area contributed by atoms with E-state index in [-0.39, 0.29) is 17.1 Å². The molecule has 0 atom stereocenters. The van der Waals surface area contributed by atoms with Crippen molar-refractivity contribution in [2.24, 2.45) is 0 Å². The van der Waals surface area contributed by atoms with Crippen LogP contribution in [0.2, 0.25) is 0 Å². The van der Waals surface area contributed by atoms with Crippen molar-refractivity contribution in [2.75, 3.05) is 44.7 Å². The molecule has 7 nitrogen and oxygen atoms in total. The SMILES string of the molecule is COc1ccc(F)cc1N1CCN(CCCn2c(=O)c(C)cn(Cc3ccccc3)c2=O)CC1. The van der Waals surface area contributed by atoms with E-state index in [9.17, 15) is 14.0 Å². The van der Waals surface area contributed by atoms with E-state index in [0.29, 0.717) is 30.8 Å². The summed E-state index contributed by atoms with van der Waals surface area (Å²) in [4.78, 5) is 30.1. The fraction of sp³-hybridized carbons (Fsp3) is 0.385. The molecule has 1 aliphatic rings. The average molecular weight is 467 g/mol. The van der Waals surface area contributed by atoms with Gasteiger partial charge in [0.2, 0.25) is 0 Å². The molecule has 4 rings (SSSR count). The van der Waals surface area contributed by atoms with Gasteiger partial charge < -0.3 is 9.64 Å². The van der Waals surface area contributed by atoms with Crippen LogP contribution in [0.5, 0.6) is 5.75 Å². The zero-order valence-corrected chi connectivity index (χ0v) is 19.7. The lowest BCUT2D eigenvalue weighted by molar-refractivity contribution is 0.248. The van der Waals surface area contributed by atoms with Gasteiger partial charge in [-0.15, -0.1) is 0 Å². The van der Waals surface area contributed by atoms with Crippen molar-refractivity contribution >= 4 is 5.69 Å². The van der Waals surface area contributed by atoms with E-state index >= 15 is 0 Å². The predicted octanol–water partition coefficient (Wildman–Crippen LogP) is 2.73. The summed E-state index contributed by atoms with van der Waals surface area (Å²) in [6, 6.07) is 14.3. The zero-order chi connectivity index (χ0) is 24.1. The van der Waals surface area contributed by atoms with Gasteiger partial charge in [-0.2, -0.15) is 0 Å². The molecule has 0 N–H and O–H groups in total. The number of methoxy groups -OCH3 is 1. The number of benzene rings is 2. The third-order valence-corrected chi connectivity index (χ3v) is 6.31. The van der Waals surface area contributed by atoms with Gasteiger partial charge in [-0.25, -0.2) is 9.18 Å². The molecule has 8 heteroatoms.